The first-order chi connectivity index (χ1) is 13.5. The fourth-order valence-electron chi connectivity index (χ4n) is 3.23. The molecule has 2 aromatic heterocycles. The molecule has 0 aromatic carbocycles. The summed E-state index contributed by atoms with van der Waals surface area (Å²) in [5.41, 5.74) is 0. The summed E-state index contributed by atoms with van der Waals surface area (Å²) < 4.78 is 11.9. The quantitative estimate of drug-likeness (QED) is 0.732. The topological polar surface area (TPSA) is 115 Å². The molecule has 0 radical (unpaired) electrons. The molecule has 2 heterocycles. The van der Waals surface area contributed by atoms with Gasteiger partial charge >= 0.3 is 12.0 Å². The van der Waals surface area contributed by atoms with Gasteiger partial charge in [-0.25, -0.2) is 9.59 Å². The summed E-state index contributed by atoms with van der Waals surface area (Å²) in [6, 6.07) is 4.37. The highest BCUT2D eigenvalue weighted by Crippen LogP contribution is 2.23. The van der Waals surface area contributed by atoms with Crippen molar-refractivity contribution in [3.8, 4) is 0 Å². The summed E-state index contributed by atoms with van der Waals surface area (Å²) >= 11 is 0. The van der Waals surface area contributed by atoms with Crippen LogP contribution in [0.4, 0.5) is 4.79 Å². The minimum Gasteiger partial charge on any atom is -0.452 e. The number of hydrogen-bond donors (Lipinski definition) is 2. The van der Waals surface area contributed by atoms with Gasteiger partial charge in [-0.1, -0.05) is 19.8 Å². The lowest BCUT2D eigenvalue weighted by atomic mass is 9.86. The molecule has 150 valence electrons. The maximum Gasteiger partial charge on any atom is 0.374 e. The minimum atomic E-state index is -0.775. The normalized spacial score (nSPS) is 19.0. The second kappa shape index (κ2) is 9.20. The highest BCUT2D eigenvalue weighted by Gasteiger charge is 2.23. The molecule has 2 N–H and O–H groups in total. The molecule has 2 unspecified atom stereocenters. The van der Waals surface area contributed by atoms with Crippen molar-refractivity contribution in [2.75, 3.05) is 6.61 Å². The van der Waals surface area contributed by atoms with E-state index in [1.807, 2.05) is 0 Å². The van der Waals surface area contributed by atoms with Crippen molar-refractivity contribution in [3.05, 3.63) is 42.1 Å². The highest BCUT2D eigenvalue weighted by molar-refractivity contribution is 5.96. The van der Waals surface area contributed by atoms with Crippen molar-refractivity contribution < 1.29 is 23.5 Å². The Kier molecular flexibility index (Phi) is 6.46. The number of amides is 3. The van der Waals surface area contributed by atoms with Gasteiger partial charge in [-0.15, -0.1) is 0 Å². The van der Waals surface area contributed by atoms with E-state index in [9.17, 15) is 14.4 Å². The lowest BCUT2D eigenvalue weighted by molar-refractivity contribution is -0.123. The van der Waals surface area contributed by atoms with Crippen LogP contribution >= 0.6 is 0 Å². The van der Waals surface area contributed by atoms with Gasteiger partial charge in [-0.2, -0.15) is 5.10 Å². The van der Waals surface area contributed by atoms with E-state index in [4.69, 9.17) is 9.15 Å². The predicted octanol–water partition coefficient (Wildman–Crippen LogP) is 2.09. The highest BCUT2D eigenvalue weighted by atomic mass is 16.5. The number of esters is 1. The fourth-order valence-corrected chi connectivity index (χ4v) is 3.23. The van der Waals surface area contributed by atoms with Crippen molar-refractivity contribution in [2.24, 2.45) is 5.92 Å². The zero-order valence-corrected chi connectivity index (χ0v) is 15.7. The maximum atomic E-state index is 12.0. The molecule has 1 aliphatic rings. The van der Waals surface area contributed by atoms with Crippen molar-refractivity contribution in [3.63, 3.8) is 0 Å². The average Bonchev–Trinajstić information content (AvgIpc) is 3.34. The van der Waals surface area contributed by atoms with Crippen LogP contribution in [0.5, 0.6) is 0 Å². The van der Waals surface area contributed by atoms with Crippen LogP contribution in [0.1, 0.15) is 48.9 Å². The molecule has 0 bridgehead atoms. The van der Waals surface area contributed by atoms with Gasteiger partial charge < -0.3 is 14.5 Å². The molecule has 9 heteroatoms. The second-order valence-corrected chi connectivity index (χ2v) is 6.94. The van der Waals surface area contributed by atoms with Gasteiger partial charge in [-0.3, -0.25) is 14.8 Å². The number of urea groups is 1. The Labute approximate surface area is 162 Å². The van der Waals surface area contributed by atoms with Crippen LogP contribution in [-0.4, -0.2) is 40.3 Å². The number of carbonyl (C=O) groups excluding carboxylic acids is 3. The number of nitrogens with one attached hydrogen (secondary N) is 2. The molecule has 0 spiro atoms. The van der Waals surface area contributed by atoms with Crippen LogP contribution in [-0.2, 0) is 16.1 Å². The van der Waals surface area contributed by atoms with E-state index in [0.717, 1.165) is 25.7 Å². The second-order valence-electron chi connectivity index (χ2n) is 6.94. The molecule has 2 aromatic rings. The van der Waals surface area contributed by atoms with Crippen LogP contribution in [0.2, 0.25) is 0 Å². The van der Waals surface area contributed by atoms with Gasteiger partial charge in [0.15, 0.2) is 6.61 Å². The molecule has 28 heavy (non-hydrogen) atoms. The van der Waals surface area contributed by atoms with E-state index < -0.39 is 24.5 Å². The molecule has 1 saturated carbocycles. The average molecular weight is 388 g/mol. The Hall–Kier alpha value is -3.10. The largest absolute Gasteiger partial charge is 0.452 e. The molecule has 9 nitrogen and oxygen atoms in total. The summed E-state index contributed by atoms with van der Waals surface area (Å²) in [4.78, 5) is 35.8. The Balaban J connectivity index is 1.40. The van der Waals surface area contributed by atoms with Crippen LogP contribution < -0.4 is 10.6 Å². The van der Waals surface area contributed by atoms with Crippen LogP contribution in [0, 0.1) is 5.92 Å². The number of rotatable bonds is 6. The Morgan fingerprint density at radius 3 is 2.86 bits per heavy atom. The third kappa shape index (κ3) is 5.45. The summed E-state index contributed by atoms with van der Waals surface area (Å²) in [5.74, 6) is -0.584. The first kappa shape index (κ1) is 19.7. The van der Waals surface area contributed by atoms with E-state index in [2.05, 4.69) is 22.7 Å². The van der Waals surface area contributed by atoms with Gasteiger partial charge in [0.25, 0.3) is 5.91 Å². The third-order valence-electron chi connectivity index (χ3n) is 4.76. The molecule has 0 saturated heterocycles. The van der Waals surface area contributed by atoms with E-state index >= 15 is 0 Å². The van der Waals surface area contributed by atoms with Gasteiger partial charge in [0, 0.05) is 18.4 Å². The fraction of sp³-hybridized carbons (Fsp3) is 0.474. The summed E-state index contributed by atoms with van der Waals surface area (Å²) in [6.45, 7) is 1.89. The van der Waals surface area contributed by atoms with Crippen molar-refractivity contribution in [1.82, 2.24) is 20.4 Å². The lowest BCUT2D eigenvalue weighted by Gasteiger charge is -2.29. The molecule has 3 amide bonds. The summed E-state index contributed by atoms with van der Waals surface area (Å²) in [6.07, 6.45) is 7.59. The number of imide groups is 1. The van der Waals surface area contributed by atoms with E-state index in [1.165, 1.54) is 6.07 Å². The Morgan fingerprint density at radius 2 is 2.11 bits per heavy atom. The number of aromatic nitrogens is 2. The number of carbonyl (C=O) groups is 3. The molecule has 3 rings (SSSR count). The number of nitrogens with zero attached hydrogens (tertiary/aromatic N) is 2. The van der Waals surface area contributed by atoms with Crippen molar-refractivity contribution >= 4 is 17.9 Å². The molecular formula is C19H24N4O5. The third-order valence-corrected chi connectivity index (χ3v) is 4.76. The van der Waals surface area contributed by atoms with Gasteiger partial charge in [0.05, 0.1) is 6.54 Å². The summed E-state index contributed by atoms with van der Waals surface area (Å²) in [5, 5.41) is 9.03. The monoisotopic (exact) mass is 388 g/mol. The van der Waals surface area contributed by atoms with Crippen LogP contribution in [0.3, 0.4) is 0 Å². The Morgan fingerprint density at radius 1 is 1.29 bits per heavy atom. The molecule has 2 atom stereocenters. The molecule has 0 aliphatic heterocycles. The predicted molar refractivity (Wildman–Crippen MR) is 98.4 cm³/mol. The standard InChI is InChI=1S/C19H24N4O5/c1-13-5-2-3-6-15(13)21-19(26)22-17(24)12-27-18(25)16-8-7-14(28-16)11-23-10-4-9-20-23/h4,7-10,13,15H,2-3,5-6,11-12H2,1H3,(H2,21,22,24,26). The van der Waals surface area contributed by atoms with Gasteiger partial charge in [0.1, 0.15) is 5.76 Å². The number of furan rings is 1. The summed E-state index contributed by atoms with van der Waals surface area (Å²) in [7, 11) is 0. The smallest absolute Gasteiger partial charge is 0.374 e. The van der Waals surface area contributed by atoms with Gasteiger partial charge in [0.2, 0.25) is 5.76 Å². The van der Waals surface area contributed by atoms with Crippen LogP contribution in [0.25, 0.3) is 0 Å². The Bertz CT molecular complexity index is 814. The zero-order valence-electron chi connectivity index (χ0n) is 15.7. The first-order valence-corrected chi connectivity index (χ1v) is 9.35. The van der Waals surface area contributed by atoms with E-state index in [-0.39, 0.29) is 11.8 Å². The van der Waals surface area contributed by atoms with Gasteiger partial charge in [-0.05, 0) is 37.0 Å². The van der Waals surface area contributed by atoms with E-state index in [1.54, 1.807) is 29.2 Å². The van der Waals surface area contributed by atoms with Crippen LogP contribution in [0.15, 0.2) is 35.0 Å². The molecule has 1 aliphatic carbocycles. The number of ether oxygens (including phenoxy) is 1. The number of hydrogen-bond acceptors (Lipinski definition) is 6. The molecule has 1 fully saturated rings. The van der Waals surface area contributed by atoms with E-state index in [0.29, 0.717) is 18.2 Å². The lowest BCUT2D eigenvalue weighted by Crippen LogP contribution is -2.48. The minimum absolute atomic E-state index is 0.0181. The zero-order chi connectivity index (χ0) is 19.9. The van der Waals surface area contributed by atoms with Crippen molar-refractivity contribution in [2.45, 2.75) is 45.2 Å². The molecular weight excluding hydrogens is 364 g/mol. The van der Waals surface area contributed by atoms with Crippen molar-refractivity contribution in [1.29, 1.82) is 0 Å². The first-order valence-electron chi connectivity index (χ1n) is 9.35. The maximum absolute atomic E-state index is 12.0. The SMILES string of the molecule is CC1CCCCC1NC(=O)NC(=O)COC(=O)c1ccc(Cn2cccn2)o1.